The van der Waals surface area contributed by atoms with Crippen LogP contribution in [-0.4, -0.2) is 28.1 Å². The number of hydrogen-bond acceptors (Lipinski definition) is 4. The molecule has 1 unspecified atom stereocenters. The van der Waals surface area contributed by atoms with Gasteiger partial charge in [-0.1, -0.05) is 0 Å². The highest BCUT2D eigenvalue weighted by atomic mass is 19.1. The van der Waals surface area contributed by atoms with Crippen LogP contribution in [0.4, 0.5) is 4.39 Å². The zero-order chi connectivity index (χ0) is 17.1. The van der Waals surface area contributed by atoms with E-state index < -0.39 is 23.7 Å². The predicted octanol–water partition coefficient (Wildman–Crippen LogP) is 1.65. The molecule has 3 rings (SSSR count). The van der Waals surface area contributed by atoms with Crippen molar-refractivity contribution in [1.29, 1.82) is 0 Å². The van der Waals surface area contributed by atoms with E-state index in [-0.39, 0.29) is 5.69 Å². The van der Waals surface area contributed by atoms with Crippen molar-refractivity contribution in [3.63, 3.8) is 0 Å². The smallest absolute Gasteiger partial charge is 0.290 e. The highest BCUT2D eigenvalue weighted by Gasteiger charge is 2.26. The molecule has 2 amide bonds. The third-order valence-electron chi connectivity index (χ3n) is 3.64. The number of halogens is 1. The van der Waals surface area contributed by atoms with Crippen LogP contribution in [0.1, 0.15) is 41.9 Å². The van der Waals surface area contributed by atoms with Gasteiger partial charge in [0.25, 0.3) is 11.8 Å². The number of nitrogens with one attached hydrogen (secondary N) is 3. The van der Waals surface area contributed by atoms with Gasteiger partial charge in [0.2, 0.25) is 0 Å². The molecule has 7 nitrogen and oxygen atoms in total. The summed E-state index contributed by atoms with van der Waals surface area (Å²) in [5.74, 6) is -0.632. The lowest BCUT2D eigenvalue weighted by Gasteiger charge is -2.14. The van der Waals surface area contributed by atoms with Crippen LogP contribution in [-0.2, 0) is 4.79 Å². The Kier molecular flexibility index (Phi) is 4.45. The summed E-state index contributed by atoms with van der Waals surface area (Å²) in [6.45, 7) is 1.52. The maximum absolute atomic E-state index is 12.8. The van der Waals surface area contributed by atoms with Crippen LogP contribution in [0.15, 0.2) is 30.3 Å². The van der Waals surface area contributed by atoms with Crippen molar-refractivity contribution >= 4 is 11.8 Å². The first-order valence-electron chi connectivity index (χ1n) is 7.60. The van der Waals surface area contributed by atoms with Crippen molar-refractivity contribution in [2.45, 2.75) is 31.8 Å². The number of carbonyl (C=O) groups is 2. The van der Waals surface area contributed by atoms with Crippen LogP contribution >= 0.6 is 0 Å². The van der Waals surface area contributed by atoms with Crippen LogP contribution < -0.4 is 15.6 Å². The van der Waals surface area contributed by atoms with Gasteiger partial charge in [-0.15, -0.1) is 0 Å². The lowest BCUT2D eigenvalue weighted by Crippen LogP contribution is -2.47. The second kappa shape index (κ2) is 6.69. The molecule has 1 aliphatic carbocycles. The highest BCUT2D eigenvalue weighted by Crippen LogP contribution is 2.38. The zero-order valence-electron chi connectivity index (χ0n) is 13.0. The molecule has 1 heterocycles. The molecule has 1 aromatic carbocycles. The minimum Gasteiger partial charge on any atom is -0.481 e. The van der Waals surface area contributed by atoms with E-state index in [9.17, 15) is 14.0 Å². The van der Waals surface area contributed by atoms with E-state index in [4.69, 9.17) is 4.74 Å². The normalized spacial score (nSPS) is 14.8. The van der Waals surface area contributed by atoms with E-state index in [1.54, 1.807) is 6.07 Å². The van der Waals surface area contributed by atoms with E-state index in [2.05, 4.69) is 21.0 Å². The topological polar surface area (TPSA) is 96.1 Å². The Morgan fingerprint density at radius 3 is 2.67 bits per heavy atom. The number of hydrazine groups is 1. The van der Waals surface area contributed by atoms with Gasteiger partial charge in [0.1, 0.15) is 11.6 Å². The lowest BCUT2D eigenvalue weighted by atomic mass is 10.2. The SMILES string of the molecule is CC(Oc1ccc(F)cc1)C(=O)NNC(=O)c1cc(C2CC2)[nH]n1. The molecular weight excluding hydrogens is 315 g/mol. The first-order valence-corrected chi connectivity index (χ1v) is 7.60. The molecule has 1 saturated carbocycles. The summed E-state index contributed by atoms with van der Waals surface area (Å²) in [6.07, 6.45) is 1.33. The molecular formula is C16H17FN4O3. The van der Waals surface area contributed by atoms with E-state index in [1.807, 2.05) is 0 Å². The van der Waals surface area contributed by atoms with Gasteiger partial charge in [-0.25, -0.2) is 4.39 Å². The minimum atomic E-state index is -0.864. The molecule has 0 radical (unpaired) electrons. The number of rotatable bonds is 5. The Balaban J connectivity index is 1.48. The van der Waals surface area contributed by atoms with Gasteiger partial charge < -0.3 is 4.74 Å². The molecule has 0 aliphatic heterocycles. The molecule has 8 heteroatoms. The van der Waals surface area contributed by atoms with Gasteiger partial charge >= 0.3 is 0 Å². The van der Waals surface area contributed by atoms with Crippen LogP contribution in [0, 0.1) is 5.82 Å². The Hall–Kier alpha value is -2.90. The second-order valence-electron chi connectivity index (χ2n) is 5.64. The van der Waals surface area contributed by atoms with Crippen LogP contribution in [0.5, 0.6) is 5.75 Å². The Labute approximate surface area is 137 Å². The number of benzene rings is 1. The number of nitrogens with zero attached hydrogens (tertiary/aromatic N) is 1. The maximum Gasteiger partial charge on any atom is 0.290 e. The van der Waals surface area contributed by atoms with E-state index in [0.717, 1.165) is 18.5 Å². The summed E-state index contributed by atoms with van der Waals surface area (Å²) in [7, 11) is 0. The van der Waals surface area contributed by atoms with Gasteiger partial charge in [0.15, 0.2) is 11.8 Å². The first-order chi connectivity index (χ1) is 11.5. The van der Waals surface area contributed by atoms with E-state index in [0.29, 0.717) is 11.7 Å². The van der Waals surface area contributed by atoms with Crippen molar-refractivity contribution < 1.29 is 18.7 Å². The number of hydrogen-bond donors (Lipinski definition) is 3. The molecule has 1 aromatic heterocycles. The Bertz CT molecular complexity index is 740. The third kappa shape index (κ3) is 3.89. The highest BCUT2D eigenvalue weighted by molar-refractivity contribution is 5.94. The summed E-state index contributed by atoms with van der Waals surface area (Å²) < 4.78 is 18.2. The van der Waals surface area contributed by atoms with Gasteiger partial charge in [0.05, 0.1) is 0 Å². The fourth-order valence-electron chi connectivity index (χ4n) is 2.11. The largest absolute Gasteiger partial charge is 0.481 e. The number of aromatic amines is 1. The fraction of sp³-hybridized carbons (Fsp3) is 0.312. The van der Waals surface area contributed by atoms with E-state index >= 15 is 0 Å². The van der Waals surface area contributed by atoms with Crippen molar-refractivity contribution in [2.75, 3.05) is 0 Å². The van der Waals surface area contributed by atoms with Gasteiger partial charge in [-0.05, 0) is 50.1 Å². The molecule has 0 saturated heterocycles. The quantitative estimate of drug-likeness (QED) is 0.726. The number of H-pyrrole nitrogens is 1. The standard InChI is InChI=1S/C16H17FN4O3/c1-9(24-12-6-4-11(17)5-7-12)15(22)20-21-16(23)14-8-13(18-19-14)10-2-3-10/h4-10H,2-3H2,1H3,(H,18,19)(H,20,22)(H,21,23). The molecule has 1 atom stereocenters. The summed E-state index contributed by atoms with van der Waals surface area (Å²) in [4.78, 5) is 23.9. The van der Waals surface area contributed by atoms with Gasteiger partial charge in [-0.3, -0.25) is 25.5 Å². The van der Waals surface area contributed by atoms with Gasteiger partial charge in [-0.2, -0.15) is 5.10 Å². The average molecular weight is 332 g/mol. The monoisotopic (exact) mass is 332 g/mol. The van der Waals surface area contributed by atoms with Crippen LogP contribution in [0.3, 0.4) is 0 Å². The van der Waals surface area contributed by atoms with Crippen molar-refractivity contribution in [3.8, 4) is 5.75 Å². The Morgan fingerprint density at radius 1 is 1.29 bits per heavy atom. The van der Waals surface area contributed by atoms with Crippen LogP contribution in [0.2, 0.25) is 0 Å². The first kappa shape index (κ1) is 16.0. The molecule has 1 fully saturated rings. The minimum absolute atomic E-state index is 0.212. The molecule has 1 aliphatic rings. The summed E-state index contributed by atoms with van der Waals surface area (Å²) in [6, 6.07) is 6.98. The summed E-state index contributed by atoms with van der Waals surface area (Å²) in [5, 5.41) is 6.74. The fourth-order valence-corrected chi connectivity index (χ4v) is 2.11. The summed E-state index contributed by atoms with van der Waals surface area (Å²) >= 11 is 0. The molecule has 126 valence electrons. The second-order valence-corrected chi connectivity index (χ2v) is 5.64. The number of carbonyl (C=O) groups excluding carboxylic acids is 2. The van der Waals surface area contributed by atoms with Crippen LogP contribution in [0.25, 0.3) is 0 Å². The van der Waals surface area contributed by atoms with Crippen molar-refractivity contribution in [2.24, 2.45) is 0 Å². The number of aromatic nitrogens is 2. The molecule has 0 spiro atoms. The summed E-state index contributed by atoms with van der Waals surface area (Å²) in [5.41, 5.74) is 5.70. The maximum atomic E-state index is 12.8. The third-order valence-corrected chi connectivity index (χ3v) is 3.64. The zero-order valence-corrected chi connectivity index (χ0v) is 13.0. The molecule has 0 bridgehead atoms. The van der Waals surface area contributed by atoms with Crippen molar-refractivity contribution in [3.05, 3.63) is 47.5 Å². The van der Waals surface area contributed by atoms with E-state index in [1.165, 1.54) is 31.2 Å². The average Bonchev–Trinajstić information content (AvgIpc) is 3.31. The van der Waals surface area contributed by atoms with Crippen molar-refractivity contribution in [1.82, 2.24) is 21.0 Å². The Morgan fingerprint density at radius 2 is 2.00 bits per heavy atom. The lowest BCUT2D eigenvalue weighted by molar-refractivity contribution is -0.128. The number of amides is 2. The van der Waals surface area contributed by atoms with Gasteiger partial charge in [0, 0.05) is 11.6 Å². The molecule has 24 heavy (non-hydrogen) atoms. The molecule has 3 N–H and O–H groups in total. The predicted molar refractivity (Wildman–Crippen MR) is 82.7 cm³/mol. The number of ether oxygens (including phenoxy) is 1. The molecule has 2 aromatic rings.